The van der Waals surface area contributed by atoms with Gasteiger partial charge in [0.1, 0.15) is 0 Å². The van der Waals surface area contributed by atoms with Crippen LogP contribution in [0.3, 0.4) is 0 Å². The standard InChI is InChI=1S/C46H78I/c1-3-5-7-9-11-13-15-17-19-21-23-25-27-29-31-33-43-35-39-45(40-36-43)47-46-41-37-44(38-42-46)34-32-30-28-26-24-22-20-18-16-14-12-10-8-6-4-2/h35-42H,3-34H2,1-2H3/q+1. The molecule has 0 atom stereocenters. The lowest BCUT2D eigenvalue weighted by molar-refractivity contribution is -0.597. The summed E-state index contributed by atoms with van der Waals surface area (Å²) < 4.78 is 3.11. The summed E-state index contributed by atoms with van der Waals surface area (Å²) in [6.45, 7) is 4.61. The van der Waals surface area contributed by atoms with Crippen molar-refractivity contribution in [2.24, 2.45) is 0 Å². The van der Waals surface area contributed by atoms with E-state index in [0.717, 1.165) is 0 Å². The Balaban J connectivity index is 1.40. The molecular formula is C46H78I+. The van der Waals surface area contributed by atoms with Crippen molar-refractivity contribution in [1.82, 2.24) is 0 Å². The monoisotopic (exact) mass is 758 g/mol. The first-order valence-electron chi connectivity index (χ1n) is 21.1. The van der Waals surface area contributed by atoms with Crippen molar-refractivity contribution in [2.75, 3.05) is 0 Å². The largest absolute Gasteiger partial charge is 0.357 e. The molecular weight excluding hydrogens is 679 g/mol. The normalized spacial score (nSPS) is 11.4. The smallest absolute Gasteiger partial charge is 0.0654 e. The maximum absolute atomic E-state index is 2.41. The quantitative estimate of drug-likeness (QED) is 0.0493. The van der Waals surface area contributed by atoms with Crippen LogP contribution in [0.2, 0.25) is 0 Å². The van der Waals surface area contributed by atoms with Crippen molar-refractivity contribution in [3.05, 3.63) is 66.8 Å². The Morgan fingerprint density at radius 1 is 0.277 bits per heavy atom. The van der Waals surface area contributed by atoms with Crippen LogP contribution in [0.5, 0.6) is 0 Å². The summed E-state index contributed by atoms with van der Waals surface area (Å²) in [5.41, 5.74) is 3.07. The Labute approximate surface area is 305 Å². The summed E-state index contributed by atoms with van der Waals surface area (Å²) in [5, 5.41) is 0. The first kappa shape index (κ1) is 42.3. The van der Waals surface area contributed by atoms with Gasteiger partial charge in [-0.2, -0.15) is 0 Å². The van der Waals surface area contributed by atoms with E-state index in [-0.39, 0.29) is 21.2 Å². The van der Waals surface area contributed by atoms with E-state index in [1.165, 1.54) is 217 Å². The Hall–Kier alpha value is -0.830. The van der Waals surface area contributed by atoms with Gasteiger partial charge in [0.25, 0.3) is 0 Å². The van der Waals surface area contributed by atoms with Crippen LogP contribution < -0.4 is 21.2 Å². The number of hydrogen-bond donors (Lipinski definition) is 0. The molecule has 0 spiro atoms. The maximum atomic E-state index is 2.41. The average molecular weight is 758 g/mol. The van der Waals surface area contributed by atoms with E-state index in [1.54, 1.807) is 7.14 Å². The molecule has 268 valence electrons. The molecule has 2 aromatic rings. The Bertz CT molecular complexity index is 822. The van der Waals surface area contributed by atoms with E-state index in [0.29, 0.717) is 0 Å². The van der Waals surface area contributed by atoms with E-state index in [1.807, 2.05) is 0 Å². The number of hydrogen-bond acceptors (Lipinski definition) is 0. The second-order valence-electron chi connectivity index (χ2n) is 14.7. The fraction of sp³-hybridized carbons (Fsp3) is 0.739. The van der Waals surface area contributed by atoms with Crippen LogP contribution in [0.15, 0.2) is 48.5 Å². The Morgan fingerprint density at radius 3 is 0.723 bits per heavy atom. The Kier molecular flexibility index (Phi) is 29.2. The van der Waals surface area contributed by atoms with Gasteiger partial charge in [0, 0.05) is 0 Å². The van der Waals surface area contributed by atoms with Crippen LogP contribution in [0.1, 0.15) is 218 Å². The first-order valence-corrected chi connectivity index (χ1v) is 23.3. The molecule has 0 N–H and O–H groups in total. The minimum atomic E-state index is -0.0672. The number of unbranched alkanes of at least 4 members (excludes halogenated alkanes) is 28. The van der Waals surface area contributed by atoms with Gasteiger partial charge in [-0.15, -0.1) is 0 Å². The van der Waals surface area contributed by atoms with Gasteiger partial charge >= 0.3 is 21.2 Å². The van der Waals surface area contributed by atoms with Crippen LogP contribution in [-0.2, 0) is 12.8 Å². The molecule has 0 aromatic heterocycles. The minimum absolute atomic E-state index is 0.0672. The van der Waals surface area contributed by atoms with Gasteiger partial charge in [0.05, 0.1) is 0 Å². The van der Waals surface area contributed by atoms with E-state index in [2.05, 4.69) is 62.4 Å². The first-order chi connectivity index (χ1) is 23.3. The van der Waals surface area contributed by atoms with E-state index in [9.17, 15) is 0 Å². The second kappa shape index (κ2) is 32.4. The van der Waals surface area contributed by atoms with Crippen molar-refractivity contribution in [3.8, 4) is 0 Å². The maximum Gasteiger partial charge on any atom is 0.357 e. The zero-order valence-corrected chi connectivity index (χ0v) is 33.8. The SMILES string of the molecule is CCCCCCCCCCCCCCCCCc1ccc([I+]c2ccc(CCCCCCCCCCCCCCCCC)cc2)cc1. The van der Waals surface area contributed by atoms with E-state index < -0.39 is 0 Å². The summed E-state index contributed by atoms with van der Waals surface area (Å²) in [6, 6.07) is 19.3. The highest BCUT2D eigenvalue weighted by atomic mass is 127. The van der Waals surface area contributed by atoms with Gasteiger partial charge < -0.3 is 0 Å². The van der Waals surface area contributed by atoms with E-state index in [4.69, 9.17) is 0 Å². The molecule has 0 heterocycles. The van der Waals surface area contributed by atoms with Crippen LogP contribution in [-0.4, -0.2) is 0 Å². The summed E-state index contributed by atoms with van der Waals surface area (Å²) in [7, 11) is 0. The zero-order chi connectivity index (χ0) is 33.3. The highest BCUT2D eigenvalue weighted by Crippen LogP contribution is 2.16. The third-order valence-corrected chi connectivity index (χ3v) is 12.9. The zero-order valence-electron chi connectivity index (χ0n) is 31.6. The molecule has 0 saturated carbocycles. The molecule has 1 heteroatoms. The van der Waals surface area contributed by atoms with Crippen LogP contribution in [0.25, 0.3) is 0 Å². The molecule has 0 aliphatic carbocycles. The number of benzene rings is 2. The molecule has 0 nitrogen and oxygen atoms in total. The lowest BCUT2D eigenvalue weighted by Crippen LogP contribution is -3.61. The Morgan fingerprint density at radius 2 is 0.489 bits per heavy atom. The van der Waals surface area contributed by atoms with Gasteiger partial charge in [-0.05, 0) is 61.1 Å². The summed E-state index contributed by atoms with van der Waals surface area (Å²) >= 11 is -0.0672. The lowest BCUT2D eigenvalue weighted by atomic mass is 10.0. The van der Waals surface area contributed by atoms with Crippen molar-refractivity contribution in [2.45, 2.75) is 219 Å². The molecule has 0 aliphatic rings. The molecule has 0 saturated heterocycles. The topological polar surface area (TPSA) is 0 Å². The molecule has 0 amide bonds. The van der Waals surface area contributed by atoms with Gasteiger partial charge in [-0.1, -0.05) is 218 Å². The molecule has 47 heavy (non-hydrogen) atoms. The molecule has 0 radical (unpaired) electrons. The van der Waals surface area contributed by atoms with Gasteiger partial charge in [-0.25, -0.2) is 0 Å². The number of halogens is 1. The molecule has 2 rings (SSSR count). The van der Waals surface area contributed by atoms with Gasteiger partial charge in [-0.3, -0.25) is 0 Å². The van der Waals surface area contributed by atoms with Gasteiger partial charge in [0.15, 0.2) is 7.14 Å². The second-order valence-corrected chi connectivity index (χ2v) is 17.8. The summed E-state index contributed by atoms with van der Waals surface area (Å²) in [4.78, 5) is 0. The van der Waals surface area contributed by atoms with Crippen LogP contribution in [0, 0.1) is 7.14 Å². The fourth-order valence-corrected chi connectivity index (χ4v) is 9.11. The summed E-state index contributed by atoms with van der Waals surface area (Å²) in [5.74, 6) is 0. The van der Waals surface area contributed by atoms with Crippen molar-refractivity contribution in [1.29, 1.82) is 0 Å². The molecule has 0 bridgehead atoms. The van der Waals surface area contributed by atoms with Crippen molar-refractivity contribution in [3.63, 3.8) is 0 Å². The molecule has 2 aromatic carbocycles. The minimum Gasteiger partial charge on any atom is -0.0654 e. The fourth-order valence-electron chi connectivity index (χ4n) is 6.96. The lowest BCUT2D eigenvalue weighted by Gasteiger charge is -2.04. The van der Waals surface area contributed by atoms with E-state index >= 15 is 0 Å². The third-order valence-electron chi connectivity index (χ3n) is 10.2. The van der Waals surface area contributed by atoms with Crippen LogP contribution in [0.4, 0.5) is 0 Å². The van der Waals surface area contributed by atoms with Gasteiger partial charge in [0.2, 0.25) is 0 Å². The van der Waals surface area contributed by atoms with Crippen molar-refractivity contribution < 1.29 is 21.2 Å². The molecule has 0 fully saturated rings. The molecule has 0 unspecified atom stereocenters. The predicted octanol–water partition coefficient (Wildman–Crippen LogP) is 12.6. The summed E-state index contributed by atoms with van der Waals surface area (Å²) in [6.07, 6.45) is 45.7. The predicted molar refractivity (Wildman–Crippen MR) is 208 cm³/mol. The van der Waals surface area contributed by atoms with Crippen LogP contribution >= 0.6 is 0 Å². The average Bonchev–Trinajstić information content (AvgIpc) is 3.09. The molecule has 0 aliphatic heterocycles. The number of rotatable bonds is 34. The van der Waals surface area contributed by atoms with Crippen molar-refractivity contribution >= 4 is 0 Å². The highest BCUT2D eigenvalue weighted by molar-refractivity contribution is 5.16. The third kappa shape index (κ3) is 25.8. The highest BCUT2D eigenvalue weighted by Gasteiger charge is 2.15. The number of aryl methyl sites for hydroxylation is 2.